The van der Waals surface area contributed by atoms with Gasteiger partial charge in [0.2, 0.25) is 0 Å². The molecular formula is C41H40ClN6Na2O7P. The minimum absolute atomic E-state index is 0. The number of carbonyl (C=O) groups excluding carboxylic acids is 2. The number of phosphoric acid groups is 1. The van der Waals surface area contributed by atoms with E-state index in [-0.39, 0.29) is 76.8 Å². The van der Waals surface area contributed by atoms with Gasteiger partial charge in [-0.05, 0) is 86.0 Å². The van der Waals surface area contributed by atoms with Crippen LogP contribution in [0.5, 0.6) is 5.75 Å². The normalized spacial score (nSPS) is 15.4. The third-order valence-corrected chi connectivity index (χ3v) is 11.5. The number of fused-ring (bicyclic) bond motifs is 1. The Morgan fingerprint density at radius 1 is 0.931 bits per heavy atom. The van der Waals surface area contributed by atoms with Crippen LogP contribution in [-0.4, -0.2) is 69.6 Å². The van der Waals surface area contributed by atoms with Crippen molar-refractivity contribution in [3.05, 3.63) is 123 Å². The van der Waals surface area contributed by atoms with Crippen LogP contribution in [0, 0.1) is 25.2 Å². The van der Waals surface area contributed by atoms with Gasteiger partial charge < -0.3 is 37.6 Å². The molecule has 13 nitrogen and oxygen atoms in total. The second kappa shape index (κ2) is 19.0. The van der Waals surface area contributed by atoms with E-state index >= 15 is 0 Å². The summed E-state index contributed by atoms with van der Waals surface area (Å²) in [5.74, 6) is -0.815. The number of ether oxygens (including phenoxy) is 1. The Balaban J connectivity index is 0.00000320. The average molecular weight is 841 g/mol. The van der Waals surface area contributed by atoms with Crippen molar-refractivity contribution < 1.29 is 92.3 Å². The predicted molar refractivity (Wildman–Crippen MR) is 208 cm³/mol. The van der Waals surface area contributed by atoms with Crippen LogP contribution in [0.15, 0.2) is 78.9 Å². The molecule has 0 bridgehead atoms. The van der Waals surface area contributed by atoms with Gasteiger partial charge in [0, 0.05) is 85.2 Å². The smallest absolute Gasteiger partial charge is 0.780 e. The Bertz CT molecular complexity index is 2420. The van der Waals surface area contributed by atoms with Crippen LogP contribution in [0.1, 0.15) is 48.9 Å². The van der Waals surface area contributed by atoms with Crippen molar-refractivity contribution in [3.63, 3.8) is 0 Å². The summed E-state index contributed by atoms with van der Waals surface area (Å²) in [4.78, 5) is 58.0. The number of amides is 2. The zero-order valence-corrected chi connectivity index (χ0v) is 39.0. The minimum atomic E-state index is -5.32. The fourth-order valence-corrected chi connectivity index (χ4v) is 8.15. The van der Waals surface area contributed by atoms with E-state index in [2.05, 4.69) is 27.6 Å². The standard InChI is InChI=1S/C41H42ClN6O7P.2Na/c1-26-36(41(50)48(38-21-32(23-43)44(3)27(38)2)31-10-12-34(13-11-31)55-56(51,52)53)22-39(45(26)4)37-20-30(42)9-14-35(37)40(49)47-24-29-8-6-5-7-28(29)19-33(47)25-46-15-17-54-18-16-46;;/h5-14,20-22,33H,15-19,24-25H2,1-4H3,(H2,51,52,53);;/q;2*+1/p-2/t33-;;/m0../s1. The zero-order chi connectivity index (χ0) is 39.9. The molecule has 1 saturated heterocycles. The number of hydrogen-bond donors (Lipinski definition) is 0. The summed E-state index contributed by atoms with van der Waals surface area (Å²) in [6.07, 6.45) is 0.715. The van der Waals surface area contributed by atoms with Crippen molar-refractivity contribution >= 4 is 42.6 Å². The number of nitriles is 1. The number of anilines is 2. The molecule has 0 saturated carbocycles. The van der Waals surface area contributed by atoms with Gasteiger partial charge in [-0.25, -0.2) is 0 Å². The number of carbonyl (C=O) groups is 2. The van der Waals surface area contributed by atoms with Gasteiger partial charge in [0.15, 0.2) is 0 Å². The van der Waals surface area contributed by atoms with Crippen LogP contribution in [0.3, 0.4) is 0 Å². The van der Waals surface area contributed by atoms with Crippen molar-refractivity contribution in [2.75, 3.05) is 37.7 Å². The van der Waals surface area contributed by atoms with Gasteiger partial charge in [0.1, 0.15) is 25.3 Å². The van der Waals surface area contributed by atoms with Gasteiger partial charge >= 0.3 is 59.1 Å². The Kier molecular flexibility index (Phi) is 15.1. The van der Waals surface area contributed by atoms with E-state index in [1.54, 1.807) is 55.8 Å². The summed E-state index contributed by atoms with van der Waals surface area (Å²) in [5.41, 5.74) is 6.50. The summed E-state index contributed by atoms with van der Waals surface area (Å²) in [6.45, 7) is 7.62. The fraction of sp³-hybridized carbons (Fsp3) is 0.293. The average Bonchev–Trinajstić information content (AvgIpc) is 3.64. The Morgan fingerprint density at radius 3 is 2.24 bits per heavy atom. The molecule has 2 aromatic heterocycles. The first kappa shape index (κ1) is 45.9. The molecule has 2 aliphatic heterocycles. The SMILES string of the molecule is Cc1c(N(C(=O)c2cc(-c3cc(Cl)ccc3C(=O)N3Cc4ccccc4C[C@H]3CN3CCOCC3)n(C)c2C)c2ccc(OP(=O)([O-])[O-])cc2)cc(C#N)n1C.[Na+].[Na+]. The molecule has 4 heterocycles. The van der Waals surface area contributed by atoms with Gasteiger partial charge in [0.05, 0.1) is 24.5 Å². The molecule has 5 aromatic rings. The third-order valence-electron chi connectivity index (χ3n) is 10.8. The molecular weight excluding hydrogens is 801 g/mol. The molecule has 1 atom stereocenters. The van der Waals surface area contributed by atoms with E-state index in [1.807, 2.05) is 28.6 Å². The van der Waals surface area contributed by atoms with Gasteiger partial charge in [0.25, 0.3) is 11.8 Å². The van der Waals surface area contributed by atoms with Crippen LogP contribution < -0.4 is 78.3 Å². The number of nitrogens with zero attached hydrogens (tertiary/aromatic N) is 6. The van der Waals surface area contributed by atoms with Crippen LogP contribution in [0.25, 0.3) is 11.3 Å². The van der Waals surface area contributed by atoms with Crippen LogP contribution in [0.4, 0.5) is 11.4 Å². The molecule has 0 N–H and O–H groups in total. The molecule has 2 aliphatic rings. The molecule has 0 radical (unpaired) electrons. The molecule has 290 valence electrons. The van der Waals surface area contributed by atoms with Crippen LogP contribution >= 0.6 is 19.4 Å². The first-order chi connectivity index (χ1) is 26.7. The second-order valence-corrected chi connectivity index (χ2v) is 15.6. The number of hydrogen-bond acceptors (Lipinski definition) is 9. The maximum Gasteiger partial charge on any atom is 1.00 e. The van der Waals surface area contributed by atoms with E-state index in [0.29, 0.717) is 88.6 Å². The molecule has 1 fully saturated rings. The van der Waals surface area contributed by atoms with E-state index < -0.39 is 13.7 Å². The molecule has 0 aliphatic carbocycles. The Labute approximate surface area is 386 Å². The molecule has 17 heteroatoms. The zero-order valence-electron chi connectivity index (χ0n) is 33.4. The summed E-state index contributed by atoms with van der Waals surface area (Å²) in [7, 11) is -1.79. The van der Waals surface area contributed by atoms with Crippen molar-refractivity contribution in [1.82, 2.24) is 18.9 Å². The third kappa shape index (κ3) is 9.55. The van der Waals surface area contributed by atoms with E-state index in [1.165, 1.54) is 34.7 Å². The largest absolute Gasteiger partial charge is 1.00 e. The summed E-state index contributed by atoms with van der Waals surface area (Å²) in [5, 5.41) is 10.2. The number of rotatable bonds is 9. The summed E-state index contributed by atoms with van der Waals surface area (Å²) < 4.78 is 24.9. The quantitative estimate of drug-likeness (QED) is 0.138. The Hall–Kier alpha value is -3.19. The maximum absolute atomic E-state index is 14.9. The number of aromatic nitrogens is 2. The molecule has 2 amide bonds. The van der Waals surface area contributed by atoms with Gasteiger partial charge in [-0.15, -0.1) is 0 Å². The van der Waals surface area contributed by atoms with Crippen molar-refractivity contribution in [2.24, 2.45) is 14.1 Å². The number of morpholine rings is 1. The first-order valence-corrected chi connectivity index (χ1v) is 19.9. The van der Waals surface area contributed by atoms with E-state index in [0.717, 1.165) is 18.7 Å². The van der Waals surface area contributed by atoms with E-state index in [9.17, 15) is 29.2 Å². The molecule has 3 aromatic carbocycles. The topological polar surface area (TPSA) is 159 Å². The van der Waals surface area contributed by atoms with Gasteiger partial charge in [-0.2, -0.15) is 5.26 Å². The van der Waals surface area contributed by atoms with Gasteiger partial charge in [-0.1, -0.05) is 35.9 Å². The maximum atomic E-state index is 14.9. The number of benzene rings is 3. The minimum Gasteiger partial charge on any atom is -0.780 e. The van der Waals surface area contributed by atoms with Crippen molar-refractivity contribution in [2.45, 2.75) is 32.9 Å². The monoisotopic (exact) mass is 840 g/mol. The summed E-state index contributed by atoms with van der Waals surface area (Å²) in [6, 6.07) is 24.3. The molecule has 0 unspecified atom stereocenters. The first-order valence-electron chi connectivity index (χ1n) is 18.1. The molecule has 0 spiro atoms. The number of phosphoric ester groups is 1. The van der Waals surface area contributed by atoms with Crippen LogP contribution in [0.2, 0.25) is 5.02 Å². The van der Waals surface area contributed by atoms with E-state index in [4.69, 9.17) is 16.3 Å². The van der Waals surface area contributed by atoms with Crippen LogP contribution in [-0.2, 0) is 36.4 Å². The summed E-state index contributed by atoms with van der Waals surface area (Å²) >= 11 is 6.63. The van der Waals surface area contributed by atoms with Crippen molar-refractivity contribution in [1.29, 1.82) is 5.26 Å². The van der Waals surface area contributed by atoms with Gasteiger partial charge in [-0.3, -0.25) is 19.4 Å². The fourth-order valence-electron chi connectivity index (χ4n) is 7.60. The van der Waals surface area contributed by atoms with Crippen molar-refractivity contribution in [3.8, 4) is 23.1 Å². The molecule has 58 heavy (non-hydrogen) atoms. The number of halogens is 1. The molecule has 7 rings (SSSR count). The Morgan fingerprint density at radius 2 is 1.60 bits per heavy atom. The predicted octanol–water partition coefficient (Wildman–Crippen LogP) is -0.734. The second-order valence-electron chi connectivity index (χ2n) is 14.1.